The summed E-state index contributed by atoms with van der Waals surface area (Å²) in [4.78, 5) is 17.5. The van der Waals surface area contributed by atoms with Gasteiger partial charge < -0.3 is 25.4 Å². The Kier molecular flexibility index (Phi) is 7.63. The molecule has 3 aliphatic heterocycles. The second-order valence-electron chi connectivity index (χ2n) is 8.02. The quantitative estimate of drug-likeness (QED) is 0.363. The van der Waals surface area contributed by atoms with Gasteiger partial charge in [-0.3, -0.25) is 15.3 Å². The normalized spacial score (nSPS) is 29.4. The molecular weight excluding hydrogens is 427 g/mol. The monoisotopic (exact) mass is 458 g/mol. The number of hydrogen-bond acceptors (Lipinski definition) is 10. The van der Waals surface area contributed by atoms with E-state index in [1.807, 2.05) is 32.9 Å². The summed E-state index contributed by atoms with van der Waals surface area (Å²) in [6.07, 6.45) is 6.67. The van der Waals surface area contributed by atoms with Crippen LogP contribution in [-0.4, -0.2) is 66.9 Å². The molecule has 3 unspecified atom stereocenters. The molecule has 2 bridgehead atoms. The first-order chi connectivity index (χ1) is 16.1. The van der Waals surface area contributed by atoms with E-state index in [9.17, 15) is 4.39 Å². The Bertz CT molecular complexity index is 950. The van der Waals surface area contributed by atoms with Crippen LogP contribution in [0.2, 0.25) is 0 Å². The second-order valence-corrected chi connectivity index (χ2v) is 8.02. The van der Waals surface area contributed by atoms with Gasteiger partial charge in [-0.25, -0.2) is 14.4 Å². The summed E-state index contributed by atoms with van der Waals surface area (Å²) in [6.45, 7) is 7.30. The first-order valence-corrected chi connectivity index (χ1v) is 11.2. The maximum absolute atomic E-state index is 14.3. The maximum Gasteiger partial charge on any atom is 0.160 e. The number of hydrogen-bond donors (Lipinski definition) is 4. The van der Waals surface area contributed by atoms with Crippen molar-refractivity contribution in [3.05, 3.63) is 35.4 Å². The van der Waals surface area contributed by atoms with Crippen LogP contribution in [0.4, 0.5) is 16.0 Å². The van der Waals surface area contributed by atoms with Crippen molar-refractivity contribution in [3.63, 3.8) is 0 Å². The number of aromatic nitrogens is 2. The van der Waals surface area contributed by atoms with Crippen LogP contribution in [0.15, 0.2) is 39.9 Å². The highest BCUT2D eigenvalue weighted by Crippen LogP contribution is 2.35. The first kappa shape index (κ1) is 23.3. The smallest absolute Gasteiger partial charge is 0.160 e. The summed E-state index contributed by atoms with van der Waals surface area (Å²) in [7, 11) is 0. The third kappa shape index (κ3) is 5.55. The number of aliphatic imine (C=N–C) groups is 2. The SMILES string of the molecule is CC=NC1=C(C)NC=NC1NC/C=C/CNc1ncnc2c1C(C)OC[C@@H]1CC(F)[C@H](N2)O1. The fourth-order valence-corrected chi connectivity index (χ4v) is 3.98. The van der Waals surface area contributed by atoms with Crippen molar-refractivity contribution >= 4 is 24.2 Å². The summed E-state index contributed by atoms with van der Waals surface area (Å²) < 4.78 is 25.9. The fourth-order valence-electron chi connectivity index (χ4n) is 3.98. The Morgan fingerprint density at radius 2 is 2.15 bits per heavy atom. The van der Waals surface area contributed by atoms with E-state index in [0.29, 0.717) is 37.8 Å². The third-order valence-corrected chi connectivity index (χ3v) is 5.66. The molecule has 0 spiro atoms. The number of alkyl halides is 1. The predicted octanol–water partition coefficient (Wildman–Crippen LogP) is 2.27. The van der Waals surface area contributed by atoms with Gasteiger partial charge in [-0.1, -0.05) is 12.2 Å². The molecule has 0 aliphatic carbocycles. The van der Waals surface area contributed by atoms with E-state index in [1.165, 1.54) is 6.33 Å². The van der Waals surface area contributed by atoms with Crippen molar-refractivity contribution in [2.45, 2.75) is 58.0 Å². The molecule has 33 heavy (non-hydrogen) atoms. The van der Waals surface area contributed by atoms with E-state index in [1.54, 1.807) is 12.6 Å². The van der Waals surface area contributed by atoms with Gasteiger partial charge in [0.2, 0.25) is 0 Å². The number of rotatable bonds is 7. The van der Waals surface area contributed by atoms with Crippen LogP contribution >= 0.6 is 0 Å². The van der Waals surface area contributed by atoms with E-state index in [2.05, 4.69) is 41.2 Å². The molecule has 4 heterocycles. The summed E-state index contributed by atoms with van der Waals surface area (Å²) in [5.41, 5.74) is 2.61. The van der Waals surface area contributed by atoms with Gasteiger partial charge in [0.25, 0.3) is 0 Å². The lowest BCUT2D eigenvalue weighted by Gasteiger charge is -2.21. The molecule has 0 radical (unpaired) electrons. The predicted molar refractivity (Wildman–Crippen MR) is 126 cm³/mol. The Morgan fingerprint density at radius 1 is 1.30 bits per heavy atom. The number of ether oxygens (including phenoxy) is 2. The van der Waals surface area contributed by atoms with Crippen molar-refractivity contribution in [3.8, 4) is 0 Å². The molecule has 0 saturated carbocycles. The minimum atomic E-state index is -1.10. The lowest BCUT2D eigenvalue weighted by molar-refractivity contribution is -0.0303. The van der Waals surface area contributed by atoms with Crippen LogP contribution in [0.1, 0.15) is 38.9 Å². The molecule has 1 aromatic heterocycles. The summed E-state index contributed by atoms with van der Waals surface area (Å²) in [5.74, 6) is 1.17. The van der Waals surface area contributed by atoms with E-state index in [0.717, 1.165) is 17.0 Å². The van der Waals surface area contributed by atoms with Crippen LogP contribution < -0.4 is 21.3 Å². The average molecular weight is 459 g/mol. The summed E-state index contributed by atoms with van der Waals surface area (Å²) >= 11 is 0. The van der Waals surface area contributed by atoms with Crippen LogP contribution in [0.3, 0.4) is 0 Å². The van der Waals surface area contributed by atoms with Crippen molar-refractivity contribution in [2.75, 3.05) is 30.3 Å². The van der Waals surface area contributed by atoms with Gasteiger partial charge in [0.1, 0.15) is 30.3 Å². The van der Waals surface area contributed by atoms with E-state index >= 15 is 0 Å². The maximum atomic E-state index is 14.3. The topological polar surface area (TPSA) is 117 Å². The zero-order valence-electron chi connectivity index (χ0n) is 19.1. The highest BCUT2D eigenvalue weighted by molar-refractivity contribution is 5.63. The summed E-state index contributed by atoms with van der Waals surface area (Å²) in [6, 6.07) is 0. The van der Waals surface area contributed by atoms with E-state index < -0.39 is 12.4 Å². The third-order valence-electron chi connectivity index (χ3n) is 5.66. The fraction of sp³-hybridized carbons (Fsp3) is 0.545. The van der Waals surface area contributed by atoms with Gasteiger partial charge in [0.05, 0.1) is 36.4 Å². The van der Waals surface area contributed by atoms with E-state index in [4.69, 9.17) is 9.47 Å². The Balaban J connectivity index is 1.35. The van der Waals surface area contributed by atoms with Crippen molar-refractivity contribution in [2.24, 2.45) is 9.98 Å². The lowest BCUT2D eigenvalue weighted by atomic mass is 10.1. The van der Waals surface area contributed by atoms with Crippen molar-refractivity contribution in [1.82, 2.24) is 20.6 Å². The Hall–Kier alpha value is -2.89. The van der Waals surface area contributed by atoms with Gasteiger partial charge in [0.15, 0.2) is 6.23 Å². The highest BCUT2D eigenvalue weighted by atomic mass is 19.1. The first-order valence-electron chi connectivity index (χ1n) is 11.2. The highest BCUT2D eigenvalue weighted by Gasteiger charge is 2.38. The van der Waals surface area contributed by atoms with Gasteiger partial charge in [-0.2, -0.15) is 0 Å². The number of fused-ring (bicyclic) bond motifs is 3. The molecule has 1 saturated heterocycles. The van der Waals surface area contributed by atoms with Gasteiger partial charge in [-0.15, -0.1) is 0 Å². The molecule has 1 fully saturated rings. The molecule has 1 aromatic rings. The molecule has 4 rings (SSSR count). The molecule has 4 N–H and O–H groups in total. The standard InChI is InChI=1S/C22H31FN8O2/c1-4-24-18-13(2)27-11-30-21(18)26-8-6-5-7-25-19-17-14(3)32-10-15-9-16(23)22(33-15)31-20(17)29-12-28-19/h4-6,11-12,14-16,21-22,26H,7-10H2,1-3H3,(H,27,30)(H2,25,28,29,31)/b6-5+,24-4?/t14?,15-,16?,21?,22+/m0/s1. The average Bonchev–Trinajstić information content (AvgIpc) is 3.18. The molecule has 5 atom stereocenters. The van der Waals surface area contributed by atoms with Crippen molar-refractivity contribution in [1.29, 1.82) is 0 Å². The van der Waals surface area contributed by atoms with Crippen LogP contribution in [-0.2, 0) is 9.47 Å². The zero-order chi connectivity index (χ0) is 23.2. The molecule has 0 amide bonds. The second kappa shape index (κ2) is 10.8. The molecular formula is C22H31FN8O2. The minimum Gasteiger partial charge on any atom is -0.371 e. The zero-order valence-corrected chi connectivity index (χ0v) is 19.1. The van der Waals surface area contributed by atoms with Crippen LogP contribution in [0, 0.1) is 0 Å². The van der Waals surface area contributed by atoms with Gasteiger partial charge >= 0.3 is 0 Å². The number of anilines is 2. The van der Waals surface area contributed by atoms with Gasteiger partial charge in [-0.05, 0) is 20.8 Å². The molecule has 11 heteroatoms. The lowest BCUT2D eigenvalue weighted by Crippen LogP contribution is -2.35. The Morgan fingerprint density at radius 3 is 3.00 bits per heavy atom. The van der Waals surface area contributed by atoms with Crippen LogP contribution in [0.5, 0.6) is 0 Å². The van der Waals surface area contributed by atoms with Crippen molar-refractivity contribution < 1.29 is 13.9 Å². The number of nitrogens with one attached hydrogen (secondary N) is 4. The minimum absolute atomic E-state index is 0.188. The molecule has 10 nitrogen and oxygen atoms in total. The Labute approximate surface area is 192 Å². The number of nitrogens with zero attached hydrogens (tertiary/aromatic N) is 4. The number of allylic oxidation sites excluding steroid dienone is 1. The molecule has 0 aromatic carbocycles. The number of halogens is 1. The van der Waals surface area contributed by atoms with Gasteiger partial charge in [0, 0.05) is 31.4 Å². The molecule has 3 aliphatic rings. The molecule has 178 valence electrons. The van der Waals surface area contributed by atoms with Crippen LogP contribution in [0.25, 0.3) is 0 Å². The largest absolute Gasteiger partial charge is 0.371 e. The summed E-state index contributed by atoms with van der Waals surface area (Å²) in [5, 5.41) is 12.8. The van der Waals surface area contributed by atoms with E-state index in [-0.39, 0.29) is 18.4 Å².